The summed E-state index contributed by atoms with van der Waals surface area (Å²) in [6, 6.07) is 45.5. The van der Waals surface area contributed by atoms with E-state index in [2.05, 4.69) is 122 Å². The molecule has 1 nitrogen and oxygen atoms in total. The van der Waals surface area contributed by atoms with E-state index in [1.807, 2.05) is 19.1 Å². The van der Waals surface area contributed by atoms with Crippen molar-refractivity contribution in [2.75, 3.05) is 0 Å². The summed E-state index contributed by atoms with van der Waals surface area (Å²) >= 11 is 0. The van der Waals surface area contributed by atoms with Crippen molar-refractivity contribution < 1.29 is 4.42 Å². The molecule has 0 bridgehead atoms. The lowest BCUT2D eigenvalue weighted by molar-refractivity contribution is 0.669. The highest BCUT2D eigenvalue weighted by Crippen LogP contribution is 2.34. The maximum Gasteiger partial charge on any atom is 0.135 e. The fourth-order valence-corrected chi connectivity index (χ4v) is 5.33. The Hall–Kier alpha value is -4.88. The molecule has 0 unspecified atom stereocenters. The third-order valence-electron chi connectivity index (χ3n) is 7.46. The second kappa shape index (κ2) is 8.90. The predicted molar refractivity (Wildman–Crippen MR) is 162 cm³/mol. The van der Waals surface area contributed by atoms with Crippen LogP contribution in [0.3, 0.4) is 0 Å². The Bertz CT molecular complexity index is 1990. The minimum Gasteiger partial charge on any atom is -0.456 e. The quantitative estimate of drug-likeness (QED) is 0.241. The zero-order valence-corrected chi connectivity index (χ0v) is 21.2. The van der Waals surface area contributed by atoms with Crippen LogP contribution in [-0.2, 0) is 0 Å². The molecule has 6 aromatic carbocycles. The third-order valence-corrected chi connectivity index (χ3v) is 7.46. The number of hydrogen-bond acceptors (Lipinski definition) is 1. The molecule has 0 N–H and O–H groups in total. The molecule has 1 heteroatoms. The molecule has 0 radical (unpaired) electrons. The second-order valence-corrected chi connectivity index (χ2v) is 10.0. The minimum absolute atomic E-state index is 0.926. The van der Waals surface area contributed by atoms with Gasteiger partial charge < -0.3 is 4.42 Å². The summed E-state index contributed by atoms with van der Waals surface area (Å²) in [4.78, 5) is 0. The van der Waals surface area contributed by atoms with Crippen LogP contribution in [0.1, 0.15) is 12.5 Å². The second-order valence-electron chi connectivity index (χ2n) is 10.0. The van der Waals surface area contributed by atoms with E-state index in [1.165, 1.54) is 49.7 Å². The third kappa shape index (κ3) is 3.90. The van der Waals surface area contributed by atoms with Crippen molar-refractivity contribution in [3.05, 3.63) is 140 Å². The van der Waals surface area contributed by atoms with Crippen molar-refractivity contribution in [2.45, 2.75) is 6.92 Å². The molecular formula is C37H26O. The fraction of sp³-hybridized carbons (Fsp3) is 0.0270. The summed E-state index contributed by atoms with van der Waals surface area (Å²) in [5.74, 6) is 0. The van der Waals surface area contributed by atoms with Crippen LogP contribution in [0.2, 0.25) is 0 Å². The highest BCUT2D eigenvalue weighted by Gasteiger charge is 2.09. The zero-order chi connectivity index (χ0) is 25.6. The Morgan fingerprint density at radius 3 is 1.74 bits per heavy atom. The van der Waals surface area contributed by atoms with E-state index in [0.717, 1.165) is 27.5 Å². The van der Waals surface area contributed by atoms with Crippen molar-refractivity contribution in [3.63, 3.8) is 0 Å². The molecular weight excluding hydrogens is 460 g/mol. The number of para-hydroxylation sites is 1. The van der Waals surface area contributed by atoms with Gasteiger partial charge in [0.2, 0.25) is 0 Å². The van der Waals surface area contributed by atoms with Gasteiger partial charge in [0.25, 0.3) is 0 Å². The van der Waals surface area contributed by atoms with Crippen LogP contribution in [0.4, 0.5) is 0 Å². The summed E-state index contributed by atoms with van der Waals surface area (Å²) in [6.45, 7) is 6.12. The van der Waals surface area contributed by atoms with Gasteiger partial charge in [0.05, 0.1) is 0 Å². The molecule has 7 aromatic rings. The monoisotopic (exact) mass is 486 g/mol. The van der Waals surface area contributed by atoms with Gasteiger partial charge in [-0.05, 0) is 93.0 Å². The van der Waals surface area contributed by atoms with Gasteiger partial charge in [0.1, 0.15) is 11.2 Å². The molecule has 1 heterocycles. The number of allylic oxidation sites excluding steroid dienone is 1. The topological polar surface area (TPSA) is 13.1 Å². The molecule has 7 rings (SSSR count). The first-order valence-corrected chi connectivity index (χ1v) is 12.9. The van der Waals surface area contributed by atoms with Crippen LogP contribution in [-0.4, -0.2) is 0 Å². The highest BCUT2D eigenvalue weighted by molar-refractivity contribution is 6.06. The van der Waals surface area contributed by atoms with Gasteiger partial charge in [-0.25, -0.2) is 0 Å². The van der Waals surface area contributed by atoms with Gasteiger partial charge in [-0.1, -0.05) is 103 Å². The number of benzene rings is 6. The van der Waals surface area contributed by atoms with Crippen molar-refractivity contribution in [1.82, 2.24) is 0 Å². The Morgan fingerprint density at radius 1 is 0.474 bits per heavy atom. The van der Waals surface area contributed by atoms with E-state index in [4.69, 9.17) is 4.42 Å². The van der Waals surface area contributed by atoms with Crippen LogP contribution in [0.5, 0.6) is 0 Å². The van der Waals surface area contributed by atoms with Gasteiger partial charge in [-0.15, -0.1) is 0 Å². The number of fused-ring (bicyclic) bond motifs is 4. The van der Waals surface area contributed by atoms with Crippen molar-refractivity contribution in [1.29, 1.82) is 0 Å². The number of rotatable bonds is 4. The van der Waals surface area contributed by atoms with Gasteiger partial charge in [-0.2, -0.15) is 0 Å². The predicted octanol–water partition coefficient (Wildman–Crippen LogP) is 10.8. The zero-order valence-electron chi connectivity index (χ0n) is 21.2. The smallest absolute Gasteiger partial charge is 0.135 e. The largest absolute Gasteiger partial charge is 0.456 e. The lowest BCUT2D eigenvalue weighted by Crippen LogP contribution is -1.84. The van der Waals surface area contributed by atoms with Gasteiger partial charge >= 0.3 is 0 Å². The molecule has 180 valence electrons. The summed E-state index contributed by atoms with van der Waals surface area (Å²) in [5.41, 5.74) is 11.4. The molecule has 0 amide bonds. The first-order valence-electron chi connectivity index (χ1n) is 12.9. The van der Waals surface area contributed by atoms with Gasteiger partial charge in [0, 0.05) is 10.8 Å². The molecule has 0 spiro atoms. The summed E-state index contributed by atoms with van der Waals surface area (Å²) in [6.07, 6.45) is 0. The molecule has 38 heavy (non-hydrogen) atoms. The van der Waals surface area contributed by atoms with E-state index in [9.17, 15) is 0 Å². The normalized spacial score (nSPS) is 11.4. The Kier molecular flexibility index (Phi) is 5.23. The molecule has 0 aliphatic carbocycles. The highest BCUT2D eigenvalue weighted by atomic mass is 16.3. The molecule has 0 fully saturated rings. The van der Waals surface area contributed by atoms with E-state index < -0.39 is 0 Å². The molecule has 0 saturated heterocycles. The van der Waals surface area contributed by atoms with Crippen molar-refractivity contribution in [2.24, 2.45) is 0 Å². The lowest BCUT2D eigenvalue weighted by atomic mass is 9.95. The molecule has 0 aliphatic heterocycles. The average molecular weight is 487 g/mol. The minimum atomic E-state index is 0.926. The number of hydrogen-bond donors (Lipinski definition) is 0. The van der Waals surface area contributed by atoms with Crippen LogP contribution < -0.4 is 0 Å². The van der Waals surface area contributed by atoms with Gasteiger partial charge in [0.15, 0.2) is 0 Å². The first-order chi connectivity index (χ1) is 18.6. The van der Waals surface area contributed by atoms with Crippen LogP contribution in [0, 0.1) is 0 Å². The molecule has 0 aliphatic rings. The van der Waals surface area contributed by atoms with Crippen molar-refractivity contribution in [3.8, 4) is 33.4 Å². The maximum atomic E-state index is 6.01. The Balaban J connectivity index is 1.20. The van der Waals surface area contributed by atoms with Crippen molar-refractivity contribution >= 4 is 38.3 Å². The lowest BCUT2D eigenvalue weighted by Gasteiger charge is -2.09. The SMILES string of the molecule is C=C(C)c1cccc(-c2ccc(-c3ccc4cc(-c5ccc6oc7ccccc7c6c5)ccc4c3)cc2)c1. The van der Waals surface area contributed by atoms with Crippen LogP contribution in [0.25, 0.3) is 71.7 Å². The summed E-state index contributed by atoms with van der Waals surface area (Å²) < 4.78 is 6.01. The van der Waals surface area contributed by atoms with Crippen LogP contribution in [0.15, 0.2) is 138 Å². The molecule has 1 aromatic heterocycles. The maximum absolute atomic E-state index is 6.01. The Morgan fingerprint density at radius 2 is 1.03 bits per heavy atom. The standard InChI is InChI=1S/C37H26O/c1-24(2)27-6-5-7-28(20-27)25-10-12-26(13-11-25)29-14-15-31-22-32(17-16-30(31)21-29)33-18-19-37-35(23-33)34-8-3-4-9-36(34)38-37/h3-23H,1H2,2H3. The summed E-state index contributed by atoms with van der Waals surface area (Å²) in [7, 11) is 0. The summed E-state index contributed by atoms with van der Waals surface area (Å²) in [5, 5.41) is 4.78. The van der Waals surface area contributed by atoms with Crippen LogP contribution >= 0.6 is 0 Å². The first kappa shape index (κ1) is 22.3. The van der Waals surface area contributed by atoms with E-state index >= 15 is 0 Å². The number of furan rings is 1. The molecule has 0 saturated carbocycles. The molecule has 0 atom stereocenters. The van der Waals surface area contributed by atoms with E-state index in [1.54, 1.807) is 0 Å². The average Bonchev–Trinajstić information content (AvgIpc) is 3.35. The van der Waals surface area contributed by atoms with E-state index in [0.29, 0.717) is 0 Å². The van der Waals surface area contributed by atoms with E-state index in [-0.39, 0.29) is 0 Å². The Labute approximate surface area is 222 Å². The van der Waals surface area contributed by atoms with Gasteiger partial charge in [-0.3, -0.25) is 0 Å². The fourth-order valence-electron chi connectivity index (χ4n) is 5.33.